The summed E-state index contributed by atoms with van der Waals surface area (Å²) in [6.07, 6.45) is 0.431. The van der Waals surface area contributed by atoms with Gasteiger partial charge in [0.25, 0.3) is 0 Å². The average molecular weight is 821 g/mol. The van der Waals surface area contributed by atoms with Crippen LogP contribution in [-0.4, -0.2) is 61.3 Å². The maximum Gasteiger partial charge on any atom is 0.157 e. The largest absolute Gasteiger partial charge is 0.508 e. The molecule has 0 amide bonds. The molecule has 0 unspecified atom stereocenters. The van der Waals surface area contributed by atoms with Gasteiger partial charge < -0.3 is 61.3 Å². The van der Waals surface area contributed by atoms with Crippen molar-refractivity contribution in [2.45, 2.75) is 32.1 Å². The minimum absolute atomic E-state index is 0.0818. The predicted octanol–water partition coefficient (Wildman–Crippen LogP) is 8.41. The topological polar surface area (TPSA) is 243 Å². The number of fused-ring (bicyclic) bond motifs is 2. The molecule has 0 aliphatic rings. The van der Waals surface area contributed by atoms with Crippen molar-refractivity contribution in [2.24, 2.45) is 0 Å². The number of phenolic OH excluding ortho intramolecular Hbond substituents is 12. The zero-order valence-electron chi connectivity index (χ0n) is 32.3. The first-order valence-corrected chi connectivity index (χ1v) is 19.1. The first-order chi connectivity index (χ1) is 29.1. The number of rotatable bonds is 10. The van der Waals surface area contributed by atoms with E-state index in [-0.39, 0.29) is 101 Å². The maximum atomic E-state index is 12.2. The molecule has 0 aliphatic heterocycles. The summed E-state index contributed by atoms with van der Waals surface area (Å²) in [5.74, 6) is -3.28. The molecule has 8 aromatic carbocycles. The lowest BCUT2D eigenvalue weighted by atomic mass is 9.85. The van der Waals surface area contributed by atoms with Crippen molar-refractivity contribution < 1.29 is 61.3 Å². The van der Waals surface area contributed by atoms with Gasteiger partial charge in [-0.3, -0.25) is 0 Å². The van der Waals surface area contributed by atoms with Crippen LogP contribution in [0.1, 0.15) is 55.6 Å². The van der Waals surface area contributed by atoms with Crippen molar-refractivity contribution in [2.75, 3.05) is 0 Å². The van der Waals surface area contributed by atoms with E-state index >= 15 is 0 Å². The van der Waals surface area contributed by atoms with Crippen LogP contribution in [0.3, 0.4) is 0 Å². The number of hydrogen-bond acceptors (Lipinski definition) is 12. The van der Waals surface area contributed by atoms with Crippen LogP contribution in [-0.2, 0) is 32.1 Å². The van der Waals surface area contributed by atoms with Gasteiger partial charge in [-0.1, -0.05) is 24.3 Å². The highest BCUT2D eigenvalue weighted by molar-refractivity contribution is 5.97. The summed E-state index contributed by atoms with van der Waals surface area (Å²) in [7, 11) is 0. The third kappa shape index (κ3) is 7.89. The van der Waals surface area contributed by atoms with Crippen molar-refractivity contribution in [3.05, 3.63) is 165 Å². The third-order valence-electron chi connectivity index (χ3n) is 11.0. The first-order valence-electron chi connectivity index (χ1n) is 19.1. The van der Waals surface area contributed by atoms with Gasteiger partial charge in [-0.15, -0.1) is 0 Å². The zero-order valence-corrected chi connectivity index (χ0v) is 32.3. The fourth-order valence-electron chi connectivity index (χ4n) is 8.14. The molecule has 12 nitrogen and oxygen atoms in total. The molecule has 0 atom stereocenters. The fourth-order valence-corrected chi connectivity index (χ4v) is 8.14. The van der Waals surface area contributed by atoms with Crippen molar-refractivity contribution >= 4 is 21.5 Å². The van der Waals surface area contributed by atoms with Crippen LogP contribution in [0, 0.1) is 0 Å². The molecule has 0 aromatic heterocycles. The quantitative estimate of drug-likeness (QED) is 0.0582. The van der Waals surface area contributed by atoms with E-state index in [0.717, 1.165) is 0 Å². The minimum Gasteiger partial charge on any atom is -0.508 e. The fraction of sp³-hybridized carbons (Fsp3) is 0.102. The van der Waals surface area contributed by atoms with Crippen LogP contribution in [0.15, 0.2) is 109 Å². The number of aromatic hydroxyl groups is 12. The summed E-state index contributed by atoms with van der Waals surface area (Å²) >= 11 is 0. The molecule has 12 N–H and O–H groups in total. The summed E-state index contributed by atoms with van der Waals surface area (Å²) in [4.78, 5) is 0. The average Bonchev–Trinajstić information content (AvgIpc) is 3.20. The lowest BCUT2D eigenvalue weighted by Gasteiger charge is -2.21. The van der Waals surface area contributed by atoms with Gasteiger partial charge in [-0.05, 0) is 170 Å². The molecule has 308 valence electrons. The van der Waals surface area contributed by atoms with E-state index in [1.165, 1.54) is 60.7 Å². The van der Waals surface area contributed by atoms with Gasteiger partial charge in [0.2, 0.25) is 0 Å². The molecule has 8 rings (SSSR count). The van der Waals surface area contributed by atoms with E-state index < -0.39 is 0 Å². The highest BCUT2D eigenvalue weighted by atomic mass is 16.3. The van der Waals surface area contributed by atoms with E-state index in [1.54, 1.807) is 48.5 Å². The van der Waals surface area contributed by atoms with E-state index in [2.05, 4.69) is 0 Å². The second kappa shape index (κ2) is 15.6. The summed E-state index contributed by atoms with van der Waals surface area (Å²) in [5.41, 5.74) is 5.06. The Hall–Kier alpha value is -8.12. The van der Waals surface area contributed by atoms with Crippen LogP contribution in [0.2, 0.25) is 0 Å². The summed E-state index contributed by atoms with van der Waals surface area (Å²) in [6.45, 7) is 0. The summed E-state index contributed by atoms with van der Waals surface area (Å²) in [6, 6.07) is 26.8. The van der Waals surface area contributed by atoms with Gasteiger partial charge in [0.15, 0.2) is 46.0 Å². The van der Waals surface area contributed by atoms with Gasteiger partial charge in [0.1, 0.15) is 23.0 Å². The van der Waals surface area contributed by atoms with E-state index in [0.29, 0.717) is 77.2 Å². The lowest BCUT2D eigenvalue weighted by molar-refractivity contribution is 0.403. The van der Waals surface area contributed by atoms with Crippen molar-refractivity contribution in [1.82, 2.24) is 0 Å². The minimum atomic E-state index is -0.354. The highest BCUT2D eigenvalue weighted by Crippen LogP contribution is 2.44. The Morgan fingerprint density at radius 3 is 1.11 bits per heavy atom. The Morgan fingerprint density at radius 1 is 0.262 bits per heavy atom. The molecule has 0 heterocycles. The molecule has 8 aromatic rings. The summed E-state index contributed by atoms with van der Waals surface area (Å²) in [5, 5.41) is 130. The SMILES string of the molecule is Oc1cc(Cc2ccc(O)c(O)c2)c2cc(Cc3ccc(O)c(O)c3)c(O)c(Cc3c(O)cc(Cc4ccc(O)c(O)c4)c4c(Cc5ccc(O)c(O)c5)cc(O)cc34)c2c1. The van der Waals surface area contributed by atoms with Gasteiger partial charge in [-0.2, -0.15) is 0 Å². The molecule has 0 fully saturated rings. The second-order valence-electron chi connectivity index (χ2n) is 15.3. The normalized spacial score (nSPS) is 11.4. The van der Waals surface area contributed by atoms with Crippen LogP contribution in [0.4, 0.5) is 0 Å². The molecule has 0 saturated heterocycles. The van der Waals surface area contributed by atoms with E-state index in [4.69, 9.17) is 0 Å². The van der Waals surface area contributed by atoms with Crippen molar-refractivity contribution in [3.63, 3.8) is 0 Å². The number of benzene rings is 8. The molecular weight excluding hydrogens is 781 g/mol. The second-order valence-corrected chi connectivity index (χ2v) is 15.3. The molecule has 61 heavy (non-hydrogen) atoms. The molecule has 0 bridgehead atoms. The van der Waals surface area contributed by atoms with Gasteiger partial charge in [0, 0.05) is 24.0 Å². The van der Waals surface area contributed by atoms with Crippen LogP contribution >= 0.6 is 0 Å². The standard InChI is InChI=1S/C49H40O12/c50-32-17-28(9-24-1-5-39(52)44(57)13-24)34-19-31(12-27-4-8-42(55)47(60)16-27)49(61)38(35(34)21-32)23-36-37-22-33(51)18-29(10-25-2-6-40(53)45(58)14-25)48(37)30(20-43(36)56)11-26-3-7-41(54)46(59)15-26/h1-8,13-22,50-61H,9-12,23H2. The molecule has 0 aliphatic carbocycles. The highest BCUT2D eigenvalue weighted by Gasteiger charge is 2.23. The molecule has 0 saturated carbocycles. The number of hydrogen-bond donors (Lipinski definition) is 12. The smallest absolute Gasteiger partial charge is 0.157 e. The summed E-state index contributed by atoms with van der Waals surface area (Å²) < 4.78 is 0. The van der Waals surface area contributed by atoms with Crippen molar-refractivity contribution in [3.8, 4) is 69.0 Å². The van der Waals surface area contributed by atoms with Gasteiger partial charge in [0.05, 0.1) is 0 Å². The van der Waals surface area contributed by atoms with Crippen molar-refractivity contribution in [1.29, 1.82) is 0 Å². The van der Waals surface area contributed by atoms with Gasteiger partial charge >= 0.3 is 0 Å². The van der Waals surface area contributed by atoms with Crippen LogP contribution < -0.4 is 0 Å². The monoisotopic (exact) mass is 820 g/mol. The van der Waals surface area contributed by atoms with Crippen LogP contribution in [0.25, 0.3) is 21.5 Å². The Kier molecular flexibility index (Phi) is 10.1. The van der Waals surface area contributed by atoms with E-state index in [9.17, 15) is 61.3 Å². The molecule has 0 spiro atoms. The molecule has 12 heteroatoms. The Labute approximate surface area is 347 Å². The molecular formula is C49H40O12. The third-order valence-corrected chi connectivity index (χ3v) is 11.0. The zero-order chi connectivity index (χ0) is 43.3. The first kappa shape index (κ1) is 39.7. The van der Waals surface area contributed by atoms with Crippen LogP contribution in [0.5, 0.6) is 69.0 Å². The predicted molar refractivity (Wildman–Crippen MR) is 228 cm³/mol. The number of phenols is 12. The maximum absolute atomic E-state index is 12.2. The Balaban J connectivity index is 1.35. The lowest BCUT2D eigenvalue weighted by Crippen LogP contribution is -2.02. The Morgan fingerprint density at radius 2 is 0.656 bits per heavy atom. The molecule has 0 radical (unpaired) electrons. The van der Waals surface area contributed by atoms with E-state index in [1.807, 2.05) is 0 Å². The van der Waals surface area contributed by atoms with Gasteiger partial charge in [-0.25, -0.2) is 0 Å². The Bertz CT molecular complexity index is 2990.